The van der Waals surface area contributed by atoms with E-state index < -0.39 is 0 Å². The van der Waals surface area contributed by atoms with E-state index in [-0.39, 0.29) is 11.9 Å². The van der Waals surface area contributed by atoms with E-state index in [1.807, 2.05) is 42.2 Å². The molecule has 0 saturated carbocycles. The number of nitrogens with one attached hydrogen (secondary N) is 1. The number of halogens is 1. The quantitative estimate of drug-likeness (QED) is 0.840. The molecule has 1 nitrogen and oxygen atoms in total. The minimum absolute atomic E-state index is 0.0178. The van der Waals surface area contributed by atoms with Gasteiger partial charge in [0.2, 0.25) is 0 Å². The highest BCUT2D eigenvalue weighted by molar-refractivity contribution is 8.01. The third-order valence-corrected chi connectivity index (χ3v) is 6.08. The topological polar surface area (TPSA) is 12.0 Å². The largest absolute Gasteiger partial charge is 0.303 e. The van der Waals surface area contributed by atoms with Crippen LogP contribution in [0, 0.1) is 5.82 Å². The first-order valence-electron chi connectivity index (χ1n) is 6.89. The maximum Gasteiger partial charge on any atom is 0.127 e. The third-order valence-electron chi connectivity index (χ3n) is 3.73. The Morgan fingerprint density at radius 3 is 2.90 bits per heavy atom. The molecule has 0 bridgehead atoms. The van der Waals surface area contributed by atoms with Gasteiger partial charge in [0.15, 0.2) is 0 Å². The molecule has 3 rings (SSSR count). The molecule has 0 fully saturated rings. The summed E-state index contributed by atoms with van der Waals surface area (Å²) in [6.45, 7) is 4.30. The molecule has 1 aromatic heterocycles. The zero-order valence-electron chi connectivity index (χ0n) is 11.6. The lowest BCUT2D eigenvalue weighted by atomic mass is 10.0. The zero-order valence-corrected chi connectivity index (χ0v) is 13.2. The van der Waals surface area contributed by atoms with Gasteiger partial charge in [-0.2, -0.15) is 0 Å². The van der Waals surface area contributed by atoms with Gasteiger partial charge >= 0.3 is 0 Å². The summed E-state index contributed by atoms with van der Waals surface area (Å²) in [7, 11) is 0. The van der Waals surface area contributed by atoms with Gasteiger partial charge in [-0.25, -0.2) is 4.39 Å². The van der Waals surface area contributed by atoms with Gasteiger partial charge in [0.1, 0.15) is 5.82 Å². The Morgan fingerprint density at radius 1 is 1.30 bits per heavy atom. The van der Waals surface area contributed by atoms with Crippen molar-refractivity contribution in [1.29, 1.82) is 0 Å². The Labute approximate surface area is 127 Å². The van der Waals surface area contributed by atoms with Crippen molar-refractivity contribution in [2.75, 3.05) is 0 Å². The van der Waals surface area contributed by atoms with Crippen LogP contribution < -0.4 is 5.32 Å². The molecule has 0 spiro atoms. The predicted octanol–water partition coefficient (Wildman–Crippen LogP) is 5.16. The van der Waals surface area contributed by atoms with Crippen LogP contribution in [0.2, 0.25) is 0 Å². The maximum atomic E-state index is 13.9. The molecule has 0 radical (unpaired) electrons. The Balaban J connectivity index is 1.80. The SMILES string of the molecule is C[C@H]1CC(N[C@H](C)c2ccccc2F)c2ccsc2S1. The Morgan fingerprint density at radius 2 is 2.10 bits per heavy atom. The minimum atomic E-state index is -0.128. The van der Waals surface area contributed by atoms with Crippen molar-refractivity contribution >= 4 is 23.1 Å². The number of rotatable bonds is 3. The second-order valence-electron chi connectivity index (χ2n) is 5.29. The van der Waals surface area contributed by atoms with E-state index >= 15 is 0 Å². The summed E-state index contributed by atoms with van der Waals surface area (Å²) in [6, 6.07) is 9.57. The van der Waals surface area contributed by atoms with Gasteiger partial charge in [-0.1, -0.05) is 25.1 Å². The summed E-state index contributed by atoms with van der Waals surface area (Å²) in [6.07, 6.45) is 1.09. The molecule has 3 atom stereocenters. The molecule has 4 heteroatoms. The fraction of sp³-hybridized carbons (Fsp3) is 0.375. The normalized spacial score (nSPS) is 23.4. The molecule has 1 aromatic carbocycles. The van der Waals surface area contributed by atoms with Crippen LogP contribution in [-0.2, 0) is 0 Å². The summed E-state index contributed by atoms with van der Waals surface area (Å²) < 4.78 is 15.3. The second-order valence-corrected chi connectivity index (χ2v) is 7.91. The van der Waals surface area contributed by atoms with Crippen molar-refractivity contribution in [2.24, 2.45) is 0 Å². The van der Waals surface area contributed by atoms with Crippen LogP contribution in [0.3, 0.4) is 0 Å². The number of hydrogen-bond donors (Lipinski definition) is 1. The molecule has 0 aliphatic carbocycles. The average Bonchev–Trinajstić information content (AvgIpc) is 2.87. The zero-order chi connectivity index (χ0) is 14.1. The molecule has 1 N–H and O–H groups in total. The predicted molar refractivity (Wildman–Crippen MR) is 84.9 cm³/mol. The number of fused-ring (bicyclic) bond motifs is 1. The molecule has 20 heavy (non-hydrogen) atoms. The lowest BCUT2D eigenvalue weighted by Crippen LogP contribution is -2.29. The van der Waals surface area contributed by atoms with Gasteiger partial charge in [0, 0.05) is 22.9 Å². The first kappa shape index (κ1) is 14.1. The van der Waals surface area contributed by atoms with Gasteiger partial charge in [0.25, 0.3) is 0 Å². The van der Waals surface area contributed by atoms with Gasteiger partial charge in [-0.05, 0) is 36.4 Å². The summed E-state index contributed by atoms with van der Waals surface area (Å²) in [5.74, 6) is -0.128. The van der Waals surface area contributed by atoms with Crippen molar-refractivity contribution in [2.45, 2.75) is 41.8 Å². The molecular weight excluding hydrogens is 289 g/mol. The van der Waals surface area contributed by atoms with E-state index in [9.17, 15) is 4.39 Å². The van der Waals surface area contributed by atoms with Crippen molar-refractivity contribution in [3.8, 4) is 0 Å². The van der Waals surface area contributed by atoms with E-state index in [1.54, 1.807) is 6.07 Å². The molecule has 1 unspecified atom stereocenters. The molecular formula is C16H18FNS2. The standard InChI is InChI=1S/C16H18FNS2/c1-10-9-15(13-7-8-19-16(13)20-10)18-11(2)12-5-3-4-6-14(12)17/h3-8,10-11,15,18H,9H2,1-2H3/t10-,11+,15?/m0/s1. The first-order valence-corrected chi connectivity index (χ1v) is 8.65. The number of benzene rings is 1. The smallest absolute Gasteiger partial charge is 0.127 e. The highest BCUT2D eigenvalue weighted by Crippen LogP contribution is 2.44. The highest BCUT2D eigenvalue weighted by atomic mass is 32.2. The molecule has 2 heterocycles. The van der Waals surface area contributed by atoms with Crippen molar-refractivity contribution in [1.82, 2.24) is 5.32 Å². The maximum absolute atomic E-state index is 13.9. The first-order chi connectivity index (χ1) is 9.65. The number of thioether (sulfide) groups is 1. The van der Waals surface area contributed by atoms with Crippen LogP contribution in [0.15, 0.2) is 39.9 Å². The summed E-state index contributed by atoms with van der Waals surface area (Å²) in [4.78, 5) is 0. The molecule has 0 amide bonds. The third kappa shape index (κ3) is 2.78. The Bertz CT molecular complexity index is 596. The van der Waals surface area contributed by atoms with Crippen LogP contribution in [0.5, 0.6) is 0 Å². The van der Waals surface area contributed by atoms with Gasteiger partial charge in [-0.15, -0.1) is 23.1 Å². The van der Waals surface area contributed by atoms with E-state index in [4.69, 9.17) is 0 Å². The summed E-state index contributed by atoms with van der Waals surface area (Å²) in [5.41, 5.74) is 2.12. The van der Waals surface area contributed by atoms with E-state index in [2.05, 4.69) is 23.7 Å². The van der Waals surface area contributed by atoms with Crippen LogP contribution in [0.1, 0.15) is 43.5 Å². The van der Waals surface area contributed by atoms with Crippen LogP contribution in [0.4, 0.5) is 4.39 Å². The fourth-order valence-corrected chi connectivity index (χ4v) is 5.29. The van der Waals surface area contributed by atoms with Crippen LogP contribution >= 0.6 is 23.1 Å². The average molecular weight is 307 g/mol. The van der Waals surface area contributed by atoms with Gasteiger partial charge < -0.3 is 5.32 Å². The fourth-order valence-electron chi connectivity index (χ4n) is 2.72. The molecule has 1 aliphatic heterocycles. The number of thiophene rings is 1. The molecule has 106 valence electrons. The van der Waals surface area contributed by atoms with Crippen LogP contribution in [0.25, 0.3) is 0 Å². The molecule has 0 saturated heterocycles. The monoisotopic (exact) mass is 307 g/mol. The molecule has 2 aromatic rings. The lowest BCUT2D eigenvalue weighted by molar-refractivity contribution is 0.425. The highest BCUT2D eigenvalue weighted by Gasteiger charge is 2.27. The van der Waals surface area contributed by atoms with E-state index in [0.29, 0.717) is 11.3 Å². The lowest BCUT2D eigenvalue weighted by Gasteiger charge is -2.30. The van der Waals surface area contributed by atoms with Gasteiger partial charge in [0.05, 0.1) is 4.21 Å². The summed E-state index contributed by atoms with van der Waals surface area (Å²) >= 11 is 3.76. The van der Waals surface area contributed by atoms with Crippen molar-refractivity contribution in [3.63, 3.8) is 0 Å². The minimum Gasteiger partial charge on any atom is -0.303 e. The number of hydrogen-bond acceptors (Lipinski definition) is 3. The molecule has 1 aliphatic rings. The van der Waals surface area contributed by atoms with Crippen molar-refractivity contribution in [3.05, 3.63) is 52.7 Å². The Kier molecular flexibility index (Phi) is 4.15. The summed E-state index contributed by atoms with van der Waals surface area (Å²) in [5, 5.41) is 6.36. The van der Waals surface area contributed by atoms with Crippen molar-refractivity contribution < 1.29 is 4.39 Å². The van der Waals surface area contributed by atoms with Crippen LogP contribution in [-0.4, -0.2) is 5.25 Å². The van der Waals surface area contributed by atoms with Gasteiger partial charge in [-0.3, -0.25) is 0 Å². The van der Waals surface area contributed by atoms with E-state index in [0.717, 1.165) is 12.0 Å². The van der Waals surface area contributed by atoms with E-state index in [1.165, 1.54) is 15.8 Å². The Hall–Kier alpha value is -0.840. The second kappa shape index (κ2) is 5.88.